The maximum atomic E-state index is 10.2. The van der Waals surface area contributed by atoms with Crippen molar-refractivity contribution >= 4 is 34.1 Å². The van der Waals surface area contributed by atoms with Gasteiger partial charge in [0.1, 0.15) is 12.4 Å². The SMILES string of the molecule is CCCS(C)=O.CSNc1ccc(OCCN(C)CCc2ccc(N)cc2)cc1. The van der Waals surface area contributed by atoms with Crippen molar-refractivity contribution in [2.75, 3.05) is 55.5 Å². The molecule has 0 bridgehead atoms. The van der Waals surface area contributed by atoms with Crippen molar-refractivity contribution in [1.29, 1.82) is 0 Å². The normalized spacial score (nSPS) is 11.5. The summed E-state index contributed by atoms with van der Waals surface area (Å²) in [6.45, 7) is 4.62. The van der Waals surface area contributed by atoms with Crippen LogP contribution < -0.4 is 15.2 Å². The summed E-state index contributed by atoms with van der Waals surface area (Å²) in [6, 6.07) is 16.1. The van der Waals surface area contributed by atoms with Gasteiger partial charge in [-0.15, -0.1) is 0 Å². The van der Waals surface area contributed by atoms with Gasteiger partial charge in [-0.1, -0.05) is 31.0 Å². The van der Waals surface area contributed by atoms with E-state index in [1.165, 1.54) is 5.56 Å². The zero-order valence-electron chi connectivity index (χ0n) is 18.0. The summed E-state index contributed by atoms with van der Waals surface area (Å²) < 4.78 is 19.1. The Kier molecular flexibility index (Phi) is 13.3. The lowest BCUT2D eigenvalue weighted by atomic mass is 10.1. The predicted molar refractivity (Wildman–Crippen MR) is 130 cm³/mol. The molecule has 0 aromatic heterocycles. The van der Waals surface area contributed by atoms with E-state index in [4.69, 9.17) is 10.5 Å². The number of likely N-dealkylation sites (N-methyl/N-ethyl adjacent to an activating group) is 1. The summed E-state index contributed by atoms with van der Waals surface area (Å²) in [4.78, 5) is 2.28. The van der Waals surface area contributed by atoms with Crippen molar-refractivity contribution in [3.63, 3.8) is 0 Å². The van der Waals surface area contributed by atoms with E-state index in [0.29, 0.717) is 6.61 Å². The number of rotatable bonds is 11. The average Bonchev–Trinajstić information content (AvgIpc) is 2.69. The number of benzene rings is 2. The molecule has 29 heavy (non-hydrogen) atoms. The highest BCUT2D eigenvalue weighted by Gasteiger charge is 2.01. The number of hydrogen-bond acceptors (Lipinski definition) is 6. The topological polar surface area (TPSA) is 67.6 Å². The van der Waals surface area contributed by atoms with E-state index in [2.05, 4.69) is 28.8 Å². The molecule has 0 heterocycles. The Bertz CT molecular complexity index is 694. The molecular formula is C22H35N3O2S2. The Hall–Kier alpha value is -1.70. The molecule has 162 valence electrons. The van der Waals surface area contributed by atoms with Crippen LogP contribution >= 0.6 is 11.9 Å². The van der Waals surface area contributed by atoms with Crippen LogP contribution in [0, 0.1) is 0 Å². The van der Waals surface area contributed by atoms with Gasteiger partial charge in [0.05, 0.1) is 0 Å². The Labute approximate surface area is 183 Å². The van der Waals surface area contributed by atoms with Crippen molar-refractivity contribution in [3.05, 3.63) is 54.1 Å². The molecule has 0 aliphatic carbocycles. The fourth-order valence-electron chi connectivity index (χ4n) is 2.46. The first-order valence-corrected chi connectivity index (χ1v) is 12.7. The van der Waals surface area contributed by atoms with Crippen molar-refractivity contribution in [3.8, 4) is 5.75 Å². The molecule has 1 atom stereocenters. The van der Waals surface area contributed by atoms with Crippen LogP contribution in [0.2, 0.25) is 0 Å². The molecule has 0 aliphatic heterocycles. The zero-order valence-corrected chi connectivity index (χ0v) is 19.7. The number of nitrogens with one attached hydrogen (secondary N) is 1. The molecule has 3 N–H and O–H groups in total. The predicted octanol–water partition coefficient (Wildman–Crippen LogP) is 4.29. The van der Waals surface area contributed by atoms with E-state index in [-0.39, 0.29) is 0 Å². The maximum absolute atomic E-state index is 10.2. The molecule has 2 aromatic carbocycles. The van der Waals surface area contributed by atoms with E-state index in [9.17, 15) is 4.21 Å². The van der Waals surface area contributed by atoms with E-state index in [1.54, 1.807) is 18.2 Å². The van der Waals surface area contributed by atoms with Crippen molar-refractivity contribution < 1.29 is 8.95 Å². The minimum atomic E-state index is -0.566. The first kappa shape index (κ1) is 25.3. The largest absolute Gasteiger partial charge is 0.492 e. The van der Waals surface area contributed by atoms with Gasteiger partial charge in [-0.25, -0.2) is 0 Å². The summed E-state index contributed by atoms with van der Waals surface area (Å²) in [5, 5.41) is 0. The van der Waals surface area contributed by atoms with Gasteiger partial charge in [-0.3, -0.25) is 4.21 Å². The van der Waals surface area contributed by atoms with Crippen molar-refractivity contribution in [2.24, 2.45) is 0 Å². The standard InChI is InChI=1S/C18H25N3OS.C4H10OS/c1-21(12-11-15-3-5-16(19)6-4-15)13-14-22-18-9-7-17(8-10-18)20-23-2;1-3-4-6(2)5/h3-10,20H,11-14,19H2,1-2H3;3-4H2,1-2H3. The Morgan fingerprint density at radius 3 is 2.28 bits per heavy atom. The fraction of sp³-hybridized carbons (Fsp3) is 0.455. The lowest BCUT2D eigenvalue weighted by Gasteiger charge is -2.17. The molecule has 0 saturated carbocycles. The molecule has 5 nitrogen and oxygen atoms in total. The van der Waals surface area contributed by atoms with Crippen LogP contribution in [0.25, 0.3) is 0 Å². The number of nitrogens with two attached hydrogens (primary N) is 1. The van der Waals surface area contributed by atoms with Gasteiger partial charge in [0.15, 0.2) is 0 Å². The van der Waals surface area contributed by atoms with E-state index in [1.807, 2.05) is 49.6 Å². The lowest BCUT2D eigenvalue weighted by molar-refractivity contribution is 0.239. The molecule has 0 fully saturated rings. The van der Waals surface area contributed by atoms with Gasteiger partial charge in [0.2, 0.25) is 0 Å². The van der Waals surface area contributed by atoms with E-state index in [0.717, 1.165) is 48.8 Å². The second-order valence-corrected chi connectivity index (χ2v) is 8.92. The van der Waals surface area contributed by atoms with Gasteiger partial charge < -0.3 is 20.1 Å². The number of nitrogen functional groups attached to an aromatic ring is 1. The van der Waals surface area contributed by atoms with E-state index < -0.39 is 10.8 Å². The fourth-order valence-corrected chi connectivity index (χ4v) is 3.41. The van der Waals surface area contributed by atoms with Crippen LogP contribution in [0.4, 0.5) is 11.4 Å². The highest BCUT2D eigenvalue weighted by Crippen LogP contribution is 2.17. The number of ether oxygens (including phenoxy) is 1. The molecule has 0 aliphatic rings. The van der Waals surface area contributed by atoms with Crippen LogP contribution in [-0.2, 0) is 17.2 Å². The van der Waals surface area contributed by atoms with Crippen molar-refractivity contribution in [2.45, 2.75) is 19.8 Å². The molecule has 0 saturated heterocycles. The summed E-state index contributed by atoms with van der Waals surface area (Å²) >= 11 is 1.58. The third-order valence-electron chi connectivity index (χ3n) is 4.07. The van der Waals surface area contributed by atoms with Gasteiger partial charge in [-0.05, 0) is 61.9 Å². The third kappa shape index (κ3) is 12.5. The van der Waals surface area contributed by atoms with E-state index >= 15 is 0 Å². The quantitative estimate of drug-likeness (QED) is 0.404. The lowest BCUT2D eigenvalue weighted by Crippen LogP contribution is -2.26. The highest BCUT2D eigenvalue weighted by molar-refractivity contribution is 7.99. The summed E-state index contributed by atoms with van der Waals surface area (Å²) in [7, 11) is 1.55. The van der Waals surface area contributed by atoms with Gasteiger partial charge in [0.25, 0.3) is 0 Å². The van der Waals surface area contributed by atoms with Crippen LogP contribution in [0.15, 0.2) is 48.5 Å². The van der Waals surface area contributed by atoms with Crippen LogP contribution in [-0.4, -0.2) is 54.1 Å². The average molecular weight is 438 g/mol. The Morgan fingerprint density at radius 1 is 1.10 bits per heavy atom. The Morgan fingerprint density at radius 2 is 1.76 bits per heavy atom. The molecule has 1 unspecified atom stereocenters. The molecule has 7 heteroatoms. The summed E-state index contributed by atoms with van der Waals surface area (Å²) in [5.41, 5.74) is 8.91. The van der Waals surface area contributed by atoms with Gasteiger partial charge in [0, 0.05) is 53.5 Å². The van der Waals surface area contributed by atoms with Crippen LogP contribution in [0.1, 0.15) is 18.9 Å². The third-order valence-corrected chi connectivity index (χ3v) is 5.49. The molecule has 2 aromatic rings. The smallest absolute Gasteiger partial charge is 0.119 e. The number of hydrogen-bond donors (Lipinski definition) is 2. The van der Waals surface area contributed by atoms with Gasteiger partial charge in [-0.2, -0.15) is 0 Å². The first-order valence-electron chi connectivity index (χ1n) is 9.79. The minimum Gasteiger partial charge on any atom is -0.492 e. The molecule has 0 amide bonds. The zero-order chi connectivity index (χ0) is 21.5. The first-order chi connectivity index (χ1) is 13.9. The number of anilines is 2. The Balaban J connectivity index is 0.000000612. The molecule has 2 rings (SSSR count). The summed E-state index contributed by atoms with van der Waals surface area (Å²) in [6.07, 6.45) is 5.78. The molecule has 0 spiro atoms. The second kappa shape index (κ2) is 15.2. The second-order valence-electron chi connectivity index (χ2n) is 6.75. The number of nitrogens with zero attached hydrogens (tertiary/aromatic N) is 1. The summed E-state index contributed by atoms with van der Waals surface area (Å²) in [5.74, 6) is 1.75. The monoisotopic (exact) mass is 437 g/mol. The minimum absolute atomic E-state index is 0.566. The molecular weight excluding hydrogens is 402 g/mol. The van der Waals surface area contributed by atoms with Crippen LogP contribution in [0.5, 0.6) is 5.75 Å². The maximum Gasteiger partial charge on any atom is 0.119 e. The van der Waals surface area contributed by atoms with Crippen molar-refractivity contribution in [1.82, 2.24) is 4.90 Å². The highest BCUT2D eigenvalue weighted by atomic mass is 32.2. The molecule has 0 radical (unpaired) electrons. The van der Waals surface area contributed by atoms with Crippen LogP contribution in [0.3, 0.4) is 0 Å². The van der Waals surface area contributed by atoms with Gasteiger partial charge >= 0.3 is 0 Å².